The minimum absolute atomic E-state index is 0.0861. The van der Waals surface area contributed by atoms with Gasteiger partial charge >= 0.3 is 0 Å². The van der Waals surface area contributed by atoms with Crippen LogP contribution in [0.4, 0.5) is 0 Å². The number of morpholine rings is 1. The van der Waals surface area contributed by atoms with Crippen LogP contribution in [0.2, 0.25) is 0 Å². The standard InChI is InChI=1S/C16H28N2O2/c1-4-7-17-15(14-6-10-20-13-14)16(3,5-2)18-8-11-19-12-9-18/h6,10,13,15,17H,4-5,7-9,11-12H2,1-3H3. The van der Waals surface area contributed by atoms with E-state index in [4.69, 9.17) is 9.15 Å². The van der Waals surface area contributed by atoms with Gasteiger partial charge in [0.1, 0.15) is 0 Å². The highest BCUT2D eigenvalue weighted by atomic mass is 16.5. The molecule has 0 saturated carbocycles. The van der Waals surface area contributed by atoms with Crippen molar-refractivity contribution in [2.24, 2.45) is 0 Å². The predicted octanol–water partition coefficient (Wildman–Crippen LogP) is 2.82. The summed E-state index contributed by atoms with van der Waals surface area (Å²) in [6, 6.07) is 2.38. The maximum absolute atomic E-state index is 5.51. The van der Waals surface area contributed by atoms with Crippen LogP contribution in [0.15, 0.2) is 23.0 Å². The van der Waals surface area contributed by atoms with E-state index in [-0.39, 0.29) is 5.54 Å². The van der Waals surface area contributed by atoms with Crippen LogP contribution in [0.1, 0.15) is 45.2 Å². The van der Waals surface area contributed by atoms with Gasteiger partial charge in [-0.1, -0.05) is 13.8 Å². The van der Waals surface area contributed by atoms with E-state index in [1.807, 2.05) is 6.26 Å². The summed E-state index contributed by atoms with van der Waals surface area (Å²) >= 11 is 0. The summed E-state index contributed by atoms with van der Waals surface area (Å²) in [5.41, 5.74) is 1.33. The summed E-state index contributed by atoms with van der Waals surface area (Å²) in [5, 5.41) is 3.72. The van der Waals surface area contributed by atoms with Gasteiger partial charge in [-0.3, -0.25) is 4.90 Å². The van der Waals surface area contributed by atoms with Crippen molar-refractivity contribution in [3.63, 3.8) is 0 Å². The number of rotatable bonds is 7. The van der Waals surface area contributed by atoms with Gasteiger partial charge < -0.3 is 14.5 Å². The number of hydrogen-bond acceptors (Lipinski definition) is 4. The molecule has 0 bridgehead atoms. The Bertz CT molecular complexity index is 374. The van der Waals surface area contributed by atoms with Crippen molar-refractivity contribution < 1.29 is 9.15 Å². The molecular weight excluding hydrogens is 252 g/mol. The molecule has 1 aromatic rings. The fraction of sp³-hybridized carbons (Fsp3) is 0.750. The number of nitrogens with one attached hydrogen (secondary N) is 1. The summed E-state index contributed by atoms with van der Waals surface area (Å²) < 4.78 is 10.8. The maximum Gasteiger partial charge on any atom is 0.0951 e. The van der Waals surface area contributed by atoms with E-state index in [9.17, 15) is 0 Å². The third-order valence-electron chi connectivity index (χ3n) is 4.55. The SMILES string of the molecule is CCCNC(c1ccoc1)C(C)(CC)N1CCOCC1. The highest BCUT2D eigenvalue weighted by Gasteiger charge is 2.39. The highest BCUT2D eigenvalue weighted by Crippen LogP contribution is 2.35. The van der Waals surface area contributed by atoms with Crippen LogP contribution in [-0.2, 0) is 4.74 Å². The molecule has 4 heteroatoms. The first-order valence-electron chi connectivity index (χ1n) is 7.80. The van der Waals surface area contributed by atoms with Crippen molar-refractivity contribution in [2.45, 2.75) is 45.2 Å². The number of nitrogens with zero attached hydrogens (tertiary/aromatic N) is 1. The molecule has 1 aliphatic rings. The molecule has 0 aliphatic carbocycles. The molecular formula is C16H28N2O2. The summed E-state index contributed by atoms with van der Waals surface area (Å²) in [6.45, 7) is 11.5. The van der Waals surface area contributed by atoms with Gasteiger partial charge in [-0.25, -0.2) is 0 Å². The van der Waals surface area contributed by atoms with Crippen LogP contribution in [-0.4, -0.2) is 43.3 Å². The van der Waals surface area contributed by atoms with Gasteiger partial charge in [0, 0.05) is 24.2 Å². The lowest BCUT2D eigenvalue weighted by molar-refractivity contribution is -0.0329. The number of hydrogen-bond donors (Lipinski definition) is 1. The van der Waals surface area contributed by atoms with Gasteiger partial charge in [0.05, 0.1) is 31.8 Å². The molecule has 1 fully saturated rings. The summed E-state index contributed by atoms with van der Waals surface area (Å²) in [5.74, 6) is 0. The first-order chi connectivity index (χ1) is 9.72. The molecule has 1 aromatic heterocycles. The topological polar surface area (TPSA) is 37.6 Å². The number of furan rings is 1. The molecule has 1 aliphatic heterocycles. The van der Waals surface area contributed by atoms with E-state index in [0.717, 1.165) is 45.7 Å². The van der Waals surface area contributed by atoms with Crippen molar-refractivity contribution in [3.8, 4) is 0 Å². The Balaban J connectivity index is 2.22. The monoisotopic (exact) mass is 280 g/mol. The minimum Gasteiger partial charge on any atom is -0.472 e. The Morgan fingerprint density at radius 3 is 2.65 bits per heavy atom. The molecule has 0 radical (unpaired) electrons. The third-order valence-corrected chi connectivity index (χ3v) is 4.55. The van der Waals surface area contributed by atoms with Crippen LogP contribution < -0.4 is 5.32 Å². The van der Waals surface area contributed by atoms with E-state index in [1.165, 1.54) is 5.56 Å². The number of ether oxygens (including phenoxy) is 1. The molecule has 2 rings (SSSR count). The molecule has 1 saturated heterocycles. The van der Waals surface area contributed by atoms with E-state index >= 15 is 0 Å². The zero-order valence-electron chi connectivity index (χ0n) is 13.0. The summed E-state index contributed by atoms with van der Waals surface area (Å²) in [7, 11) is 0. The van der Waals surface area contributed by atoms with Crippen molar-refractivity contribution >= 4 is 0 Å². The van der Waals surface area contributed by atoms with Gasteiger partial charge in [-0.05, 0) is 32.4 Å². The third kappa shape index (κ3) is 3.25. The fourth-order valence-corrected chi connectivity index (χ4v) is 3.11. The Labute approximate surface area is 122 Å². The highest BCUT2D eigenvalue weighted by molar-refractivity contribution is 5.18. The average molecular weight is 280 g/mol. The molecule has 114 valence electrons. The fourth-order valence-electron chi connectivity index (χ4n) is 3.11. The Morgan fingerprint density at radius 2 is 2.10 bits per heavy atom. The largest absolute Gasteiger partial charge is 0.472 e. The van der Waals surface area contributed by atoms with Gasteiger partial charge in [-0.15, -0.1) is 0 Å². The average Bonchev–Trinajstić information content (AvgIpc) is 3.02. The van der Waals surface area contributed by atoms with Crippen molar-refractivity contribution in [1.29, 1.82) is 0 Å². The normalized spacial score (nSPS) is 21.6. The molecule has 2 unspecified atom stereocenters. The lowest BCUT2D eigenvalue weighted by atomic mass is 9.83. The van der Waals surface area contributed by atoms with Gasteiger partial charge in [-0.2, -0.15) is 0 Å². The first-order valence-corrected chi connectivity index (χ1v) is 7.80. The Kier molecular flexibility index (Phi) is 5.64. The van der Waals surface area contributed by atoms with E-state index in [2.05, 4.69) is 37.1 Å². The van der Waals surface area contributed by atoms with Crippen LogP contribution in [0.3, 0.4) is 0 Å². The van der Waals surface area contributed by atoms with Crippen LogP contribution in [0.25, 0.3) is 0 Å². The molecule has 0 spiro atoms. The zero-order valence-corrected chi connectivity index (χ0v) is 13.0. The molecule has 0 aromatic carbocycles. The van der Waals surface area contributed by atoms with Crippen LogP contribution >= 0.6 is 0 Å². The second-order valence-corrected chi connectivity index (χ2v) is 5.75. The zero-order chi connectivity index (χ0) is 14.4. The summed E-state index contributed by atoms with van der Waals surface area (Å²) in [6.07, 6.45) is 5.88. The molecule has 4 nitrogen and oxygen atoms in total. The Morgan fingerprint density at radius 1 is 1.35 bits per heavy atom. The van der Waals surface area contributed by atoms with Crippen LogP contribution in [0.5, 0.6) is 0 Å². The van der Waals surface area contributed by atoms with Crippen LogP contribution in [0, 0.1) is 0 Å². The van der Waals surface area contributed by atoms with Crippen molar-refractivity contribution in [2.75, 3.05) is 32.8 Å². The second kappa shape index (κ2) is 7.25. The van der Waals surface area contributed by atoms with Gasteiger partial charge in [0.2, 0.25) is 0 Å². The van der Waals surface area contributed by atoms with E-state index in [0.29, 0.717) is 6.04 Å². The quantitative estimate of drug-likeness (QED) is 0.833. The Hall–Kier alpha value is -0.840. The van der Waals surface area contributed by atoms with Gasteiger partial charge in [0.25, 0.3) is 0 Å². The molecule has 20 heavy (non-hydrogen) atoms. The van der Waals surface area contributed by atoms with E-state index < -0.39 is 0 Å². The van der Waals surface area contributed by atoms with Crippen molar-refractivity contribution in [1.82, 2.24) is 10.2 Å². The molecule has 2 heterocycles. The van der Waals surface area contributed by atoms with Gasteiger partial charge in [0.15, 0.2) is 0 Å². The first kappa shape index (κ1) is 15.5. The minimum atomic E-state index is 0.0861. The van der Waals surface area contributed by atoms with E-state index in [1.54, 1.807) is 6.26 Å². The predicted molar refractivity (Wildman–Crippen MR) is 80.8 cm³/mol. The molecule has 1 N–H and O–H groups in total. The smallest absolute Gasteiger partial charge is 0.0951 e. The maximum atomic E-state index is 5.51. The lowest BCUT2D eigenvalue weighted by Gasteiger charge is -2.48. The summed E-state index contributed by atoms with van der Waals surface area (Å²) in [4.78, 5) is 2.57. The molecule has 2 atom stereocenters. The van der Waals surface area contributed by atoms with Crippen molar-refractivity contribution in [3.05, 3.63) is 24.2 Å². The molecule has 0 amide bonds. The lowest BCUT2D eigenvalue weighted by Crippen LogP contribution is -2.57. The second-order valence-electron chi connectivity index (χ2n) is 5.75.